The molecule has 0 aliphatic rings. The lowest BCUT2D eigenvalue weighted by atomic mass is 10.3. The molecule has 54 valence electrons. The van der Waals surface area contributed by atoms with Crippen molar-refractivity contribution in [1.29, 1.82) is 0 Å². The van der Waals surface area contributed by atoms with E-state index in [2.05, 4.69) is 73.8 Å². The van der Waals surface area contributed by atoms with Crippen molar-refractivity contribution in [3.8, 4) is 0 Å². The average Bonchev–Trinajstić information content (AvgIpc) is 1.82. The minimum absolute atomic E-state index is 0.872. The molecule has 2 N–H and O–H groups in total. The highest BCUT2D eigenvalue weighted by Crippen LogP contribution is 2.23. The number of rotatable bonds is 0. The molecule has 0 heterocycles. The van der Waals surface area contributed by atoms with Crippen molar-refractivity contribution in [1.82, 2.24) is 0 Å². The summed E-state index contributed by atoms with van der Waals surface area (Å²) in [7, 11) is 0. The van der Waals surface area contributed by atoms with Gasteiger partial charge in [0.15, 0.2) is 0 Å². The number of halogens is 3. The lowest BCUT2D eigenvalue weighted by molar-refractivity contribution is 1.53. The predicted molar refractivity (Wildman–Crippen MR) is 69.0 cm³/mol. The third kappa shape index (κ3) is 2.10. The van der Waals surface area contributed by atoms with Gasteiger partial charge in [-0.1, -0.05) is 0 Å². The van der Waals surface area contributed by atoms with Crippen LogP contribution in [0.3, 0.4) is 0 Å². The van der Waals surface area contributed by atoms with Crippen LogP contribution in [0.5, 0.6) is 0 Å². The van der Waals surface area contributed by atoms with Crippen LogP contribution < -0.4 is 5.73 Å². The van der Waals surface area contributed by atoms with Gasteiger partial charge in [-0.05, 0) is 79.9 Å². The first-order valence-corrected chi connectivity index (χ1v) is 5.75. The van der Waals surface area contributed by atoms with E-state index < -0.39 is 0 Å². The largest absolute Gasteiger partial charge is 0.398 e. The van der Waals surface area contributed by atoms with Crippen LogP contribution in [0, 0.1) is 10.7 Å². The summed E-state index contributed by atoms with van der Waals surface area (Å²) in [6.45, 7) is 0. The highest BCUT2D eigenvalue weighted by atomic mass is 127. The van der Waals surface area contributed by atoms with Crippen LogP contribution in [0.15, 0.2) is 12.1 Å². The quantitative estimate of drug-likeness (QED) is 0.352. The number of hydrogen-bond acceptors (Lipinski definition) is 1. The minimum atomic E-state index is 0.872. The third-order valence-electron chi connectivity index (χ3n) is 1.02. The van der Waals surface area contributed by atoms with Gasteiger partial charge in [-0.3, -0.25) is 0 Å². The van der Waals surface area contributed by atoms with E-state index in [-0.39, 0.29) is 0 Å². The second kappa shape index (κ2) is 3.74. The molecule has 0 saturated heterocycles. The zero-order valence-electron chi connectivity index (χ0n) is 4.87. The van der Waals surface area contributed by atoms with Crippen LogP contribution in [0.2, 0.25) is 0 Å². The van der Waals surface area contributed by atoms with Gasteiger partial charge in [-0.25, -0.2) is 0 Å². The Morgan fingerprint density at radius 1 is 1.10 bits per heavy atom. The Morgan fingerprint density at radius 3 is 2.20 bits per heavy atom. The summed E-state index contributed by atoms with van der Waals surface area (Å²) in [5, 5.41) is 0. The Hall–Kier alpha value is 1.21. The van der Waals surface area contributed by atoms with Crippen molar-refractivity contribution < 1.29 is 0 Å². The number of nitrogens with two attached hydrogens (primary N) is 1. The van der Waals surface area contributed by atoms with Gasteiger partial charge in [0, 0.05) is 16.4 Å². The molecule has 1 nitrogen and oxygen atoms in total. The van der Waals surface area contributed by atoms with Crippen molar-refractivity contribution in [3.63, 3.8) is 0 Å². The molecular weight excluding hydrogens is 467 g/mol. The van der Waals surface area contributed by atoms with Crippen molar-refractivity contribution in [3.05, 3.63) is 22.8 Å². The lowest BCUT2D eigenvalue weighted by Crippen LogP contribution is -1.92. The molecule has 0 aliphatic heterocycles. The van der Waals surface area contributed by atoms with Crippen molar-refractivity contribution in [2.24, 2.45) is 0 Å². The van der Waals surface area contributed by atoms with Gasteiger partial charge in [-0.2, -0.15) is 0 Å². The first-order valence-electron chi connectivity index (χ1n) is 2.51. The van der Waals surface area contributed by atoms with Crippen LogP contribution in [0.4, 0.5) is 5.69 Å². The standard InChI is InChI=1S/C6H4I3N/c7-3-1-4(8)6(9)5(10)2-3/h1-2H,10H2. The van der Waals surface area contributed by atoms with Crippen LogP contribution in [-0.2, 0) is 0 Å². The van der Waals surface area contributed by atoms with Crippen molar-refractivity contribution >= 4 is 73.5 Å². The van der Waals surface area contributed by atoms with Gasteiger partial charge in [0.1, 0.15) is 0 Å². The van der Waals surface area contributed by atoms with Crippen LogP contribution in [0.25, 0.3) is 0 Å². The summed E-state index contributed by atoms with van der Waals surface area (Å²) in [5.41, 5.74) is 6.58. The minimum Gasteiger partial charge on any atom is -0.398 e. The molecule has 0 aromatic heterocycles. The topological polar surface area (TPSA) is 26.0 Å². The normalized spacial score (nSPS) is 9.90. The molecule has 0 fully saturated rings. The fourth-order valence-electron chi connectivity index (χ4n) is 0.576. The van der Waals surface area contributed by atoms with Crippen LogP contribution >= 0.6 is 67.8 Å². The summed E-state index contributed by atoms with van der Waals surface area (Å²) in [4.78, 5) is 0. The zero-order chi connectivity index (χ0) is 7.72. The maximum absolute atomic E-state index is 5.70. The molecule has 1 aromatic carbocycles. The Bertz CT molecular complexity index is 236. The predicted octanol–water partition coefficient (Wildman–Crippen LogP) is 3.08. The van der Waals surface area contributed by atoms with E-state index in [4.69, 9.17) is 5.73 Å². The number of benzene rings is 1. The molecule has 0 saturated carbocycles. The summed E-state index contributed by atoms with van der Waals surface area (Å²) < 4.78 is 3.57. The smallest absolute Gasteiger partial charge is 0.0494 e. The van der Waals surface area contributed by atoms with E-state index in [1.807, 2.05) is 6.07 Å². The molecule has 0 unspecified atom stereocenters. The van der Waals surface area contributed by atoms with Crippen molar-refractivity contribution in [2.75, 3.05) is 5.73 Å². The van der Waals surface area contributed by atoms with Gasteiger partial charge in [0.2, 0.25) is 0 Å². The average molecular weight is 471 g/mol. The maximum atomic E-state index is 5.70. The molecule has 1 rings (SSSR count). The van der Waals surface area contributed by atoms with E-state index in [0.717, 1.165) is 9.26 Å². The maximum Gasteiger partial charge on any atom is 0.0494 e. The summed E-state index contributed by atoms with van der Waals surface area (Å²) in [6.07, 6.45) is 0. The van der Waals surface area contributed by atoms with E-state index in [9.17, 15) is 0 Å². The Labute approximate surface area is 101 Å². The molecular formula is C6H4I3N. The Balaban J connectivity index is 3.31. The number of hydrogen-bond donors (Lipinski definition) is 1. The molecule has 4 heteroatoms. The van der Waals surface area contributed by atoms with E-state index >= 15 is 0 Å². The van der Waals surface area contributed by atoms with Gasteiger partial charge >= 0.3 is 0 Å². The van der Waals surface area contributed by atoms with E-state index in [1.54, 1.807) is 0 Å². The summed E-state index contributed by atoms with van der Waals surface area (Å²) >= 11 is 6.79. The third-order valence-corrected chi connectivity index (χ3v) is 4.73. The molecule has 10 heavy (non-hydrogen) atoms. The van der Waals surface area contributed by atoms with Gasteiger partial charge < -0.3 is 5.73 Å². The number of anilines is 1. The van der Waals surface area contributed by atoms with Crippen LogP contribution in [-0.4, -0.2) is 0 Å². The molecule has 0 atom stereocenters. The SMILES string of the molecule is Nc1cc(I)cc(I)c1I. The highest BCUT2D eigenvalue weighted by molar-refractivity contribution is 14.1. The van der Waals surface area contributed by atoms with Gasteiger partial charge in [-0.15, -0.1) is 0 Å². The molecule has 0 amide bonds. The Kier molecular flexibility index (Phi) is 3.48. The number of nitrogen functional groups attached to an aromatic ring is 1. The lowest BCUT2D eigenvalue weighted by Gasteiger charge is -2.00. The van der Waals surface area contributed by atoms with E-state index in [0.29, 0.717) is 0 Å². The van der Waals surface area contributed by atoms with E-state index in [1.165, 1.54) is 7.14 Å². The fraction of sp³-hybridized carbons (Fsp3) is 0. The molecule has 0 spiro atoms. The van der Waals surface area contributed by atoms with Crippen LogP contribution in [0.1, 0.15) is 0 Å². The summed E-state index contributed by atoms with van der Waals surface area (Å²) in [5.74, 6) is 0. The fourth-order valence-corrected chi connectivity index (χ4v) is 2.78. The van der Waals surface area contributed by atoms with Crippen molar-refractivity contribution in [2.45, 2.75) is 0 Å². The molecule has 0 radical (unpaired) electrons. The second-order valence-corrected chi connectivity index (χ2v) is 5.28. The first-order chi connectivity index (χ1) is 4.61. The molecule has 1 aromatic rings. The van der Waals surface area contributed by atoms with Gasteiger partial charge in [0.05, 0.1) is 0 Å². The Morgan fingerprint density at radius 2 is 1.70 bits per heavy atom. The molecule has 0 bridgehead atoms. The van der Waals surface area contributed by atoms with Gasteiger partial charge in [0.25, 0.3) is 0 Å². The monoisotopic (exact) mass is 471 g/mol. The molecule has 0 aliphatic carbocycles. The zero-order valence-corrected chi connectivity index (χ0v) is 11.3. The first kappa shape index (κ1) is 9.30. The highest BCUT2D eigenvalue weighted by Gasteiger charge is 2.00. The second-order valence-electron chi connectivity index (χ2n) is 1.79. The summed E-state index contributed by atoms with van der Waals surface area (Å²) in [6, 6.07) is 4.09.